The number of methoxy groups -OCH3 is 1. The molecule has 0 atom stereocenters. The van der Waals surface area contributed by atoms with E-state index < -0.39 is 0 Å². The van der Waals surface area contributed by atoms with E-state index in [0.717, 1.165) is 0 Å². The zero-order valence-corrected chi connectivity index (χ0v) is 12.5. The number of hydrogen-bond donors (Lipinski definition) is 2. The van der Waals surface area contributed by atoms with Gasteiger partial charge in [-0.2, -0.15) is 5.10 Å². The van der Waals surface area contributed by atoms with Crippen LogP contribution in [-0.2, 0) is 17.8 Å². The Morgan fingerprint density at radius 2 is 2.33 bits per heavy atom. The Morgan fingerprint density at radius 3 is 3.05 bits per heavy atom. The van der Waals surface area contributed by atoms with E-state index in [1.807, 2.05) is 0 Å². The molecule has 0 aliphatic carbocycles. The number of nitrogens with zero attached hydrogens (tertiary/aromatic N) is 3. The van der Waals surface area contributed by atoms with Crippen molar-refractivity contribution in [1.29, 1.82) is 0 Å². The fraction of sp³-hybridized carbons (Fsp3) is 0.308. The molecule has 7 nitrogen and oxygen atoms in total. The fourth-order valence-electron chi connectivity index (χ4n) is 1.67. The first kappa shape index (κ1) is 17.1. The Balaban J connectivity index is 0.00000220. The van der Waals surface area contributed by atoms with Crippen molar-refractivity contribution >= 4 is 24.0 Å². The number of aromatic nitrogens is 3. The van der Waals surface area contributed by atoms with Gasteiger partial charge in [0.05, 0.1) is 30.7 Å². The Kier molecular flexibility index (Phi) is 6.80. The Labute approximate surface area is 128 Å². The zero-order valence-electron chi connectivity index (χ0n) is 11.7. The Bertz CT molecular complexity index is 587. The minimum absolute atomic E-state index is 0. The molecule has 0 aliphatic heterocycles. The van der Waals surface area contributed by atoms with E-state index >= 15 is 0 Å². The number of halogens is 1. The van der Waals surface area contributed by atoms with Crippen LogP contribution in [0.2, 0.25) is 0 Å². The van der Waals surface area contributed by atoms with Crippen molar-refractivity contribution in [3.63, 3.8) is 0 Å². The van der Waals surface area contributed by atoms with Crippen molar-refractivity contribution in [1.82, 2.24) is 14.8 Å². The van der Waals surface area contributed by atoms with E-state index in [9.17, 15) is 4.79 Å². The number of ether oxygens (including phenoxy) is 1. The Morgan fingerprint density at radius 1 is 1.52 bits per heavy atom. The summed E-state index contributed by atoms with van der Waals surface area (Å²) in [6.07, 6.45) is 4.92. The van der Waals surface area contributed by atoms with Crippen molar-refractivity contribution in [2.75, 3.05) is 19.0 Å². The SMILES string of the molecule is COCCn1cc(NC(=O)c2ccnc(CN)c2)cn1.Cl. The average molecular weight is 312 g/mol. The molecule has 0 spiro atoms. The molecule has 0 saturated carbocycles. The molecule has 2 rings (SSSR count). The number of amides is 1. The highest BCUT2D eigenvalue weighted by molar-refractivity contribution is 6.04. The van der Waals surface area contributed by atoms with Crippen LogP contribution in [0.15, 0.2) is 30.7 Å². The molecule has 114 valence electrons. The third-order valence-corrected chi connectivity index (χ3v) is 2.70. The van der Waals surface area contributed by atoms with Crippen molar-refractivity contribution in [3.05, 3.63) is 42.0 Å². The van der Waals surface area contributed by atoms with Crippen LogP contribution in [0.3, 0.4) is 0 Å². The molecule has 8 heteroatoms. The second kappa shape index (κ2) is 8.35. The highest BCUT2D eigenvalue weighted by Gasteiger charge is 2.08. The number of nitrogens with one attached hydrogen (secondary N) is 1. The predicted molar refractivity (Wildman–Crippen MR) is 81.4 cm³/mol. The van der Waals surface area contributed by atoms with Gasteiger partial charge in [-0.05, 0) is 12.1 Å². The molecule has 1 amide bonds. The van der Waals surface area contributed by atoms with Crippen LogP contribution in [0.5, 0.6) is 0 Å². The van der Waals surface area contributed by atoms with Crippen LogP contribution in [0, 0.1) is 0 Å². The lowest BCUT2D eigenvalue weighted by molar-refractivity contribution is 0.102. The highest BCUT2D eigenvalue weighted by atomic mass is 35.5. The molecule has 0 bridgehead atoms. The van der Waals surface area contributed by atoms with E-state index in [1.165, 1.54) is 0 Å². The van der Waals surface area contributed by atoms with Crippen molar-refractivity contribution in [2.45, 2.75) is 13.1 Å². The van der Waals surface area contributed by atoms with Gasteiger partial charge in [-0.25, -0.2) is 0 Å². The summed E-state index contributed by atoms with van der Waals surface area (Å²) in [6, 6.07) is 3.31. The molecule has 0 unspecified atom stereocenters. The molecular weight excluding hydrogens is 294 g/mol. The maximum absolute atomic E-state index is 12.1. The van der Waals surface area contributed by atoms with Gasteiger partial charge in [-0.1, -0.05) is 0 Å². The van der Waals surface area contributed by atoms with Crippen LogP contribution in [0.4, 0.5) is 5.69 Å². The minimum Gasteiger partial charge on any atom is -0.383 e. The van der Waals surface area contributed by atoms with Gasteiger partial charge in [0.1, 0.15) is 0 Å². The normalized spacial score (nSPS) is 10.0. The number of nitrogens with two attached hydrogens (primary N) is 1. The summed E-state index contributed by atoms with van der Waals surface area (Å²) < 4.78 is 6.67. The zero-order chi connectivity index (χ0) is 14.4. The van der Waals surface area contributed by atoms with E-state index in [4.69, 9.17) is 10.5 Å². The van der Waals surface area contributed by atoms with Gasteiger partial charge >= 0.3 is 0 Å². The van der Waals surface area contributed by atoms with Crippen LogP contribution in [0.25, 0.3) is 0 Å². The molecule has 0 fully saturated rings. The summed E-state index contributed by atoms with van der Waals surface area (Å²) in [5.41, 5.74) is 7.33. The molecule has 0 aromatic carbocycles. The number of hydrogen-bond acceptors (Lipinski definition) is 5. The number of rotatable bonds is 6. The van der Waals surface area contributed by atoms with Crippen molar-refractivity contribution < 1.29 is 9.53 Å². The van der Waals surface area contributed by atoms with Crippen LogP contribution >= 0.6 is 12.4 Å². The monoisotopic (exact) mass is 311 g/mol. The summed E-state index contributed by atoms with van der Waals surface area (Å²) in [5.74, 6) is -0.214. The van der Waals surface area contributed by atoms with E-state index in [2.05, 4.69) is 15.4 Å². The number of pyridine rings is 1. The minimum atomic E-state index is -0.214. The van der Waals surface area contributed by atoms with Gasteiger partial charge in [0.25, 0.3) is 5.91 Å². The maximum atomic E-state index is 12.1. The van der Waals surface area contributed by atoms with Crippen LogP contribution in [-0.4, -0.2) is 34.4 Å². The molecule has 0 saturated heterocycles. The van der Waals surface area contributed by atoms with E-state index in [-0.39, 0.29) is 18.3 Å². The van der Waals surface area contributed by atoms with Gasteiger partial charge in [0.15, 0.2) is 0 Å². The largest absolute Gasteiger partial charge is 0.383 e. The average Bonchev–Trinajstić information content (AvgIpc) is 2.92. The molecule has 0 radical (unpaired) electrons. The van der Waals surface area contributed by atoms with Gasteiger partial charge < -0.3 is 15.8 Å². The molecule has 21 heavy (non-hydrogen) atoms. The lowest BCUT2D eigenvalue weighted by atomic mass is 10.2. The fourth-order valence-corrected chi connectivity index (χ4v) is 1.67. The van der Waals surface area contributed by atoms with Crippen molar-refractivity contribution in [3.8, 4) is 0 Å². The number of carbonyl (C=O) groups is 1. The molecule has 0 aliphatic rings. The Hall–Kier alpha value is -1.96. The summed E-state index contributed by atoms with van der Waals surface area (Å²) in [7, 11) is 1.63. The first-order chi connectivity index (χ1) is 9.72. The third-order valence-electron chi connectivity index (χ3n) is 2.70. The lowest BCUT2D eigenvalue weighted by Crippen LogP contribution is -2.13. The molecule has 2 heterocycles. The van der Waals surface area contributed by atoms with E-state index in [1.54, 1.807) is 42.5 Å². The highest BCUT2D eigenvalue weighted by Crippen LogP contribution is 2.09. The van der Waals surface area contributed by atoms with Crippen LogP contribution < -0.4 is 11.1 Å². The van der Waals surface area contributed by atoms with Crippen LogP contribution in [0.1, 0.15) is 16.1 Å². The quantitative estimate of drug-likeness (QED) is 0.831. The second-order valence-electron chi connectivity index (χ2n) is 4.18. The molecular formula is C13H18ClN5O2. The van der Waals surface area contributed by atoms with Gasteiger partial charge in [0, 0.05) is 31.6 Å². The second-order valence-corrected chi connectivity index (χ2v) is 4.18. The third kappa shape index (κ3) is 4.82. The molecule has 2 aromatic heterocycles. The number of anilines is 1. The molecule has 3 N–H and O–H groups in total. The first-order valence-electron chi connectivity index (χ1n) is 6.20. The maximum Gasteiger partial charge on any atom is 0.255 e. The molecule has 2 aromatic rings. The van der Waals surface area contributed by atoms with Gasteiger partial charge in [-0.15, -0.1) is 12.4 Å². The number of carbonyl (C=O) groups excluding carboxylic acids is 1. The summed E-state index contributed by atoms with van der Waals surface area (Å²) in [6.45, 7) is 1.51. The van der Waals surface area contributed by atoms with Gasteiger partial charge in [-0.3, -0.25) is 14.5 Å². The smallest absolute Gasteiger partial charge is 0.255 e. The topological polar surface area (TPSA) is 95.1 Å². The van der Waals surface area contributed by atoms with Crippen molar-refractivity contribution in [2.24, 2.45) is 5.73 Å². The summed E-state index contributed by atoms with van der Waals surface area (Å²) >= 11 is 0. The first-order valence-corrected chi connectivity index (χ1v) is 6.20. The standard InChI is InChI=1S/C13H17N5O2.ClH/c1-20-5-4-18-9-12(8-16-18)17-13(19)10-2-3-15-11(6-10)7-14;/h2-3,6,8-9H,4-5,7,14H2,1H3,(H,17,19);1H. The predicted octanol–water partition coefficient (Wildman–Crippen LogP) is 1.06. The summed E-state index contributed by atoms with van der Waals surface area (Å²) in [5, 5.41) is 6.90. The van der Waals surface area contributed by atoms with E-state index in [0.29, 0.717) is 36.6 Å². The van der Waals surface area contributed by atoms with Gasteiger partial charge in [0.2, 0.25) is 0 Å². The summed E-state index contributed by atoms with van der Waals surface area (Å²) in [4.78, 5) is 16.1. The lowest BCUT2D eigenvalue weighted by Gasteiger charge is -2.03.